The van der Waals surface area contributed by atoms with Crippen LogP contribution in [-0.2, 0) is 6.42 Å². The van der Waals surface area contributed by atoms with Crippen LogP contribution in [0.5, 0.6) is 0 Å². The Morgan fingerprint density at radius 3 is 2.22 bits per heavy atom. The normalized spacial score (nSPS) is 17.5. The van der Waals surface area contributed by atoms with Crippen LogP contribution in [-0.4, -0.2) is 14.7 Å². The number of hydrogen-bond donors (Lipinski definition) is 1. The molecule has 0 amide bonds. The number of nitrogens with zero attached hydrogens (tertiary/aromatic N) is 3. The molecule has 5 heteroatoms. The van der Waals surface area contributed by atoms with Gasteiger partial charge in [-0.25, -0.2) is 0 Å². The second-order valence-corrected chi connectivity index (χ2v) is 10.3. The lowest BCUT2D eigenvalue weighted by Gasteiger charge is -2.28. The van der Waals surface area contributed by atoms with E-state index in [4.69, 9.17) is 17.2 Å². The Labute approximate surface area is 220 Å². The standard InChI is InChI=1S/C31H34N4S/c1-7-24-11-13-25(14-12-24)35-30(28(33-31(35)36)27-10-8-9-15-32-27)26-18-22(5)34(23(26)6)29-20(3)16-19(2)17-21(29)4/h8-18,28,30H,7H2,1-6H3,(H,33,36)/t28-,30+/m0/s1. The highest BCUT2D eigenvalue weighted by Crippen LogP contribution is 2.44. The van der Waals surface area contributed by atoms with Crippen LogP contribution in [0.15, 0.2) is 66.9 Å². The lowest BCUT2D eigenvalue weighted by molar-refractivity contribution is 0.565. The van der Waals surface area contributed by atoms with Gasteiger partial charge in [0.05, 0.1) is 23.5 Å². The molecule has 0 aliphatic carbocycles. The number of rotatable bonds is 5. The van der Waals surface area contributed by atoms with Gasteiger partial charge < -0.3 is 14.8 Å². The molecule has 4 aromatic rings. The molecule has 2 aromatic carbocycles. The fourth-order valence-corrected chi connectivity index (χ4v) is 6.14. The van der Waals surface area contributed by atoms with E-state index in [1.54, 1.807) is 0 Å². The van der Waals surface area contributed by atoms with Crippen LogP contribution < -0.4 is 10.2 Å². The third kappa shape index (κ3) is 4.11. The minimum atomic E-state index is -0.0567. The predicted molar refractivity (Wildman–Crippen MR) is 153 cm³/mol. The minimum Gasteiger partial charge on any atom is -0.351 e. The van der Waals surface area contributed by atoms with Crippen LogP contribution in [0.1, 0.15) is 63.9 Å². The Morgan fingerprint density at radius 1 is 0.917 bits per heavy atom. The second-order valence-electron chi connectivity index (χ2n) is 9.93. The van der Waals surface area contributed by atoms with Gasteiger partial charge in [-0.1, -0.05) is 42.8 Å². The van der Waals surface area contributed by atoms with Crippen molar-refractivity contribution in [1.82, 2.24) is 14.9 Å². The Balaban J connectivity index is 1.69. The monoisotopic (exact) mass is 494 g/mol. The molecule has 5 rings (SSSR count). The van der Waals surface area contributed by atoms with Crippen molar-refractivity contribution < 1.29 is 0 Å². The lowest BCUT2D eigenvalue weighted by atomic mass is 9.96. The van der Waals surface area contributed by atoms with Crippen LogP contribution in [0, 0.1) is 34.6 Å². The summed E-state index contributed by atoms with van der Waals surface area (Å²) in [7, 11) is 0. The van der Waals surface area contributed by atoms with Crippen molar-refractivity contribution >= 4 is 23.0 Å². The number of nitrogens with one attached hydrogen (secondary N) is 1. The van der Waals surface area contributed by atoms with Crippen molar-refractivity contribution in [2.24, 2.45) is 0 Å². The summed E-state index contributed by atoms with van der Waals surface area (Å²) in [5.41, 5.74) is 12.2. The van der Waals surface area contributed by atoms with E-state index in [1.165, 1.54) is 44.9 Å². The molecule has 0 unspecified atom stereocenters. The van der Waals surface area contributed by atoms with E-state index in [-0.39, 0.29) is 12.1 Å². The molecule has 3 heterocycles. The van der Waals surface area contributed by atoms with Crippen molar-refractivity contribution in [3.8, 4) is 5.69 Å². The van der Waals surface area contributed by atoms with Gasteiger partial charge >= 0.3 is 0 Å². The first-order chi connectivity index (χ1) is 17.3. The number of aryl methyl sites for hydroxylation is 5. The number of anilines is 1. The second kappa shape index (κ2) is 9.55. The van der Waals surface area contributed by atoms with Crippen LogP contribution in [0.25, 0.3) is 5.69 Å². The first-order valence-electron chi connectivity index (χ1n) is 12.7. The molecular formula is C31H34N4S. The van der Waals surface area contributed by atoms with Gasteiger partial charge in [-0.3, -0.25) is 4.98 Å². The van der Waals surface area contributed by atoms with Gasteiger partial charge in [0.2, 0.25) is 0 Å². The number of thiocarbonyl (C=S) groups is 1. The van der Waals surface area contributed by atoms with E-state index in [1.807, 2.05) is 18.3 Å². The van der Waals surface area contributed by atoms with Gasteiger partial charge in [-0.05, 0) is 106 Å². The molecule has 184 valence electrons. The molecular weight excluding hydrogens is 460 g/mol. The zero-order valence-corrected chi connectivity index (χ0v) is 22.8. The van der Waals surface area contributed by atoms with E-state index in [2.05, 4.69) is 105 Å². The zero-order chi connectivity index (χ0) is 25.6. The van der Waals surface area contributed by atoms with Gasteiger partial charge in [0.25, 0.3) is 0 Å². The summed E-state index contributed by atoms with van der Waals surface area (Å²) in [6.45, 7) is 13.2. The summed E-state index contributed by atoms with van der Waals surface area (Å²) in [6.07, 6.45) is 2.87. The average molecular weight is 495 g/mol. The molecule has 1 N–H and O–H groups in total. The summed E-state index contributed by atoms with van der Waals surface area (Å²) in [6, 6.07) is 21.7. The summed E-state index contributed by atoms with van der Waals surface area (Å²) >= 11 is 5.95. The quantitative estimate of drug-likeness (QED) is 0.299. The van der Waals surface area contributed by atoms with Crippen molar-refractivity contribution in [3.63, 3.8) is 0 Å². The van der Waals surface area contributed by atoms with Crippen molar-refractivity contribution in [3.05, 3.63) is 112 Å². The Hall–Kier alpha value is -3.44. The minimum absolute atomic E-state index is 0.0223. The molecule has 1 aliphatic heterocycles. The van der Waals surface area contributed by atoms with E-state index >= 15 is 0 Å². The van der Waals surface area contributed by atoms with Crippen LogP contribution in [0.2, 0.25) is 0 Å². The highest BCUT2D eigenvalue weighted by atomic mass is 32.1. The third-order valence-corrected chi connectivity index (χ3v) is 7.68. The summed E-state index contributed by atoms with van der Waals surface area (Å²) in [4.78, 5) is 7.00. The van der Waals surface area contributed by atoms with E-state index in [0.717, 1.165) is 22.9 Å². The molecule has 0 radical (unpaired) electrons. The first kappa shape index (κ1) is 24.3. The summed E-state index contributed by atoms with van der Waals surface area (Å²) < 4.78 is 2.41. The van der Waals surface area contributed by atoms with E-state index in [9.17, 15) is 0 Å². The molecule has 36 heavy (non-hydrogen) atoms. The largest absolute Gasteiger partial charge is 0.351 e. The first-order valence-corrected chi connectivity index (χ1v) is 13.1. The summed E-state index contributed by atoms with van der Waals surface area (Å²) in [5, 5.41) is 4.34. The van der Waals surface area contributed by atoms with Gasteiger partial charge in [-0.2, -0.15) is 0 Å². The SMILES string of the molecule is CCc1ccc(N2C(=S)N[C@@H](c3ccccn3)[C@H]2c2cc(C)n(-c3c(C)cc(C)cc3C)c2C)cc1. The van der Waals surface area contributed by atoms with E-state index in [0.29, 0.717) is 0 Å². The maximum atomic E-state index is 5.95. The number of aromatic nitrogens is 2. The molecule has 2 aromatic heterocycles. The van der Waals surface area contributed by atoms with Gasteiger partial charge in [-0.15, -0.1) is 0 Å². The average Bonchev–Trinajstić information content (AvgIpc) is 3.35. The maximum absolute atomic E-state index is 5.95. The van der Waals surface area contributed by atoms with Gasteiger partial charge in [0.1, 0.15) is 0 Å². The smallest absolute Gasteiger partial charge is 0.174 e. The molecule has 0 bridgehead atoms. The molecule has 2 atom stereocenters. The van der Waals surface area contributed by atoms with Gasteiger partial charge in [0.15, 0.2) is 5.11 Å². The topological polar surface area (TPSA) is 33.1 Å². The van der Waals surface area contributed by atoms with Crippen molar-refractivity contribution in [2.45, 2.75) is 60.0 Å². The Kier molecular flexibility index (Phi) is 6.44. The highest BCUT2D eigenvalue weighted by molar-refractivity contribution is 7.80. The molecule has 1 fully saturated rings. The number of benzene rings is 2. The van der Waals surface area contributed by atoms with Crippen LogP contribution in [0.3, 0.4) is 0 Å². The molecule has 0 saturated carbocycles. The molecule has 1 saturated heterocycles. The Morgan fingerprint density at radius 2 is 1.61 bits per heavy atom. The zero-order valence-electron chi connectivity index (χ0n) is 22.0. The van der Waals surface area contributed by atoms with Crippen LogP contribution >= 0.6 is 12.2 Å². The number of pyridine rings is 1. The molecule has 4 nitrogen and oxygen atoms in total. The van der Waals surface area contributed by atoms with Crippen molar-refractivity contribution in [1.29, 1.82) is 0 Å². The molecule has 0 spiro atoms. The maximum Gasteiger partial charge on any atom is 0.174 e. The summed E-state index contributed by atoms with van der Waals surface area (Å²) in [5.74, 6) is 0. The predicted octanol–water partition coefficient (Wildman–Crippen LogP) is 7.15. The lowest BCUT2D eigenvalue weighted by Crippen LogP contribution is -2.29. The fourth-order valence-electron chi connectivity index (χ4n) is 5.80. The van der Waals surface area contributed by atoms with Gasteiger partial charge in [0, 0.05) is 23.3 Å². The fraction of sp³-hybridized carbons (Fsp3) is 0.290. The Bertz CT molecular complexity index is 1400. The van der Waals surface area contributed by atoms with E-state index < -0.39 is 0 Å². The van der Waals surface area contributed by atoms with Crippen molar-refractivity contribution in [2.75, 3.05) is 4.90 Å². The highest BCUT2D eigenvalue weighted by Gasteiger charge is 2.42. The third-order valence-electron chi connectivity index (χ3n) is 7.37. The molecule has 1 aliphatic rings. The van der Waals surface area contributed by atoms with Crippen LogP contribution in [0.4, 0.5) is 5.69 Å². The number of hydrogen-bond acceptors (Lipinski definition) is 2.